The molecule has 1 N–H and O–H groups in total. The molecular formula is C22H19NO4S. The molecule has 5 nitrogen and oxygen atoms in total. The molecule has 1 aromatic heterocycles. The molecule has 0 radical (unpaired) electrons. The molecule has 1 heterocycles. The van der Waals surface area contributed by atoms with Gasteiger partial charge in [-0.05, 0) is 47.5 Å². The SMILES string of the molecule is C[C@H](NC(=O)c1cc2c(ccc3ccccc32)o1)c1ccc(S(C)(=O)=O)cc1. The van der Waals surface area contributed by atoms with Crippen molar-refractivity contribution in [3.8, 4) is 0 Å². The van der Waals surface area contributed by atoms with Crippen molar-refractivity contribution in [3.05, 3.63) is 78.1 Å². The topological polar surface area (TPSA) is 76.4 Å². The average molecular weight is 393 g/mol. The van der Waals surface area contributed by atoms with Crippen molar-refractivity contribution >= 4 is 37.5 Å². The van der Waals surface area contributed by atoms with Crippen LogP contribution in [0.2, 0.25) is 0 Å². The first-order valence-electron chi connectivity index (χ1n) is 8.85. The summed E-state index contributed by atoms with van der Waals surface area (Å²) in [4.78, 5) is 12.9. The number of hydrogen-bond donors (Lipinski definition) is 1. The maximum atomic E-state index is 12.7. The standard InChI is InChI=1S/C22H19NO4S/c1-14(15-7-10-17(11-8-15)28(2,25)26)23-22(24)21-13-19-18-6-4-3-5-16(18)9-12-20(19)27-21/h3-14H,1-2H3,(H,23,24)/t14-/m0/s1. The molecule has 0 aliphatic heterocycles. The Bertz CT molecular complexity index is 1290. The minimum absolute atomic E-state index is 0.242. The molecule has 0 aliphatic carbocycles. The van der Waals surface area contributed by atoms with Crippen LogP contribution in [0.1, 0.15) is 29.1 Å². The van der Waals surface area contributed by atoms with Crippen LogP contribution in [0.3, 0.4) is 0 Å². The number of carbonyl (C=O) groups excluding carboxylic acids is 1. The molecule has 0 spiro atoms. The molecule has 0 fully saturated rings. The summed E-state index contributed by atoms with van der Waals surface area (Å²) in [6.07, 6.45) is 1.17. The molecule has 4 aromatic rings. The van der Waals surface area contributed by atoms with Crippen LogP contribution >= 0.6 is 0 Å². The second-order valence-corrected chi connectivity index (χ2v) is 8.86. The van der Waals surface area contributed by atoms with Gasteiger partial charge in [0.2, 0.25) is 0 Å². The molecule has 0 aliphatic rings. The first-order valence-corrected chi connectivity index (χ1v) is 10.7. The Kier molecular flexibility index (Phi) is 4.43. The van der Waals surface area contributed by atoms with Gasteiger partial charge in [-0.15, -0.1) is 0 Å². The lowest BCUT2D eigenvalue weighted by Crippen LogP contribution is -2.26. The fourth-order valence-electron chi connectivity index (χ4n) is 3.26. The van der Waals surface area contributed by atoms with Crippen molar-refractivity contribution in [2.24, 2.45) is 0 Å². The van der Waals surface area contributed by atoms with Crippen LogP contribution in [0.5, 0.6) is 0 Å². The normalized spacial score (nSPS) is 12.9. The van der Waals surface area contributed by atoms with Crippen molar-refractivity contribution in [1.82, 2.24) is 5.32 Å². The van der Waals surface area contributed by atoms with Crippen LogP contribution in [-0.4, -0.2) is 20.6 Å². The van der Waals surface area contributed by atoms with Crippen LogP contribution in [0.4, 0.5) is 0 Å². The Balaban J connectivity index is 1.58. The quantitative estimate of drug-likeness (QED) is 0.555. The summed E-state index contributed by atoms with van der Waals surface area (Å²) < 4.78 is 28.9. The van der Waals surface area contributed by atoms with E-state index in [1.807, 2.05) is 43.3 Å². The molecule has 1 atom stereocenters. The van der Waals surface area contributed by atoms with Gasteiger partial charge in [0.15, 0.2) is 15.6 Å². The molecule has 0 saturated carbocycles. The second kappa shape index (κ2) is 6.80. The Morgan fingerprint density at radius 3 is 2.39 bits per heavy atom. The van der Waals surface area contributed by atoms with E-state index in [1.54, 1.807) is 30.3 Å². The molecule has 0 bridgehead atoms. The molecule has 3 aromatic carbocycles. The summed E-state index contributed by atoms with van der Waals surface area (Å²) >= 11 is 0. The lowest BCUT2D eigenvalue weighted by Gasteiger charge is -2.13. The fourth-order valence-corrected chi connectivity index (χ4v) is 3.89. The van der Waals surface area contributed by atoms with Gasteiger partial charge in [0.05, 0.1) is 10.9 Å². The van der Waals surface area contributed by atoms with Gasteiger partial charge in [0.1, 0.15) is 5.58 Å². The Labute approximate surface area is 162 Å². The number of amides is 1. The summed E-state index contributed by atoms with van der Waals surface area (Å²) in [7, 11) is -3.25. The first-order chi connectivity index (χ1) is 13.3. The summed E-state index contributed by atoms with van der Waals surface area (Å²) in [6, 6.07) is 19.7. The van der Waals surface area contributed by atoms with Crippen LogP contribution in [0.25, 0.3) is 21.7 Å². The largest absolute Gasteiger partial charge is 0.451 e. The van der Waals surface area contributed by atoms with Crippen LogP contribution in [0, 0.1) is 0 Å². The molecule has 142 valence electrons. The molecule has 6 heteroatoms. The zero-order valence-corrected chi connectivity index (χ0v) is 16.3. The van der Waals surface area contributed by atoms with Gasteiger partial charge in [-0.1, -0.05) is 42.5 Å². The summed E-state index contributed by atoms with van der Waals surface area (Å²) in [5.41, 5.74) is 1.47. The van der Waals surface area contributed by atoms with Crippen molar-refractivity contribution in [1.29, 1.82) is 0 Å². The van der Waals surface area contributed by atoms with E-state index in [1.165, 1.54) is 6.26 Å². The molecule has 4 rings (SSSR count). The summed E-state index contributed by atoms with van der Waals surface area (Å²) in [6.45, 7) is 1.84. The lowest BCUT2D eigenvalue weighted by molar-refractivity contribution is 0.0914. The molecule has 0 unspecified atom stereocenters. The number of carbonyl (C=O) groups is 1. The molecule has 0 saturated heterocycles. The van der Waals surface area contributed by atoms with Crippen molar-refractivity contribution in [2.75, 3.05) is 6.26 Å². The Hall–Kier alpha value is -3.12. The highest BCUT2D eigenvalue weighted by Crippen LogP contribution is 2.28. The van der Waals surface area contributed by atoms with Gasteiger partial charge < -0.3 is 9.73 Å². The summed E-state index contributed by atoms with van der Waals surface area (Å²) in [5, 5.41) is 5.91. The number of benzene rings is 3. The second-order valence-electron chi connectivity index (χ2n) is 6.85. The minimum atomic E-state index is -3.25. The van der Waals surface area contributed by atoms with E-state index in [4.69, 9.17) is 4.42 Å². The van der Waals surface area contributed by atoms with Gasteiger partial charge in [0.25, 0.3) is 5.91 Å². The van der Waals surface area contributed by atoms with Crippen LogP contribution in [-0.2, 0) is 9.84 Å². The van der Waals surface area contributed by atoms with Crippen LogP contribution < -0.4 is 5.32 Å². The maximum absolute atomic E-state index is 12.7. The van der Waals surface area contributed by atoms with E-state index in [2.05, 4.69) is 5.32 Å². The Morgan fingerprint density at radius 2 is 1.68 bits per heavy atom. The monoisotopic (exact) mass is 393 g/mol. The molecule has 1 amide bonds. The number of rotatable bonds is 4. The van der Waals surface area contributed by atoms with E-state index in [0.29, 0.717) is 5.58 Å². The van der Waals surface area contributed by atoms with Crippen LogP contribution in [0.15, 0.2) is 76.0 Å². The van der Waals surface area contributed by atoms with E-state index in [9.17, 15) is 13.2 Å². The Morgan fingerprint density at radius 1 is 0.964 bits per heavy atom. The van der Waals surface area contributed by atoms with Crippen molar-refractivity contribution in [3.63, 3.8) is 0 Å². The van der Waals surface area contributed by atoms with E-state index >= 15 is 0 Å². The minimum Gasteiger partial charge on any atom is -0.451 e. The average Bonchev–Trinajstić information content (AvgIpc) is 3.12. The van der Waals surface area contributed by atoms with Gasteiger partial charge in [-0.3, -0.25) is 4.79 Å². The highest BCUT2D eigenvalue weighted by Gasteiger charge is 2.17. The van der Waals surface area contributed by atoms with Gasteiger partial charge in [-0.2, -0.15) is 0 Å². The zero-order valence-electron chi connectivity index (χ0n) is 15.5. The van der Waals surface area contributed by atoms with Crippen molar-refractivity contribution < 1.29 is 17.6 Å². The fraction of sp³-hybridized carbons (Fsp3) is 0.136. The highest BCUT2D eigenvalue weighted by molar-refractivity contribution is 7.90. The van der Waals surface area contributed by atoms with Gasteiger partial charge >= 0.3 is 0 Å². The predicted molar refractivity (Wildman–Crippen MR) is 109 cm³/mol. The number of hydrogen-bond acceptors (Lipinski definition) is 4. The summed E-state index contributed by atoms with van der Waals surface area (Å²) in [5.74, 6) is -0.0778. The predicted octanol–water partition coefficient (Wildman–Crippen LogP) is 4.48. The third-order valence-corrected chi connectivity index (χ3v) is 5.93. The molecular weight excluding hydrogens is 374 g/mol. The number of sulfone groups is 1. The third kappa shape index (κ3) is 3.39. The van der Waals surface area contributed by atoms with Gasteiger partial charge in [0, 0.05) is 11.6 Å². The number of nitrogens with one attached hydrogen (secondary N) is 1. The lowest BCUT2D eigenvalue weighted by atomic mass is 10.1. The van der Waals surface area contributed by atoms with E-state index < -0.39 is 9.84 Å². The number of furan rings is 1. The zero-order chi connectivity index (χ0) is 19.9. The molecule has 28 heavy (non-hydrogen) atoms. The maximum Gasteiger partial charge on any atom is 0.287 e. The van der Waals surface area contributed by atoms with E-state index in [0.717, 1.165) is 21.7 Å². The van der Waals surface area contributed by atoms with Gasteiger partial charge in [-0.25, -0.2) is 8.42 Å². The first kappa shape index (κ1) is 18.3. The highest BCUT2D eigenvalue weighted by atomic mass is 32.2. The van der Waals surface area contributed by atoms with Crippen molar-refractivity contribution in [2.45, 2.75) is 17.9 Å². The smallest absolute Gasteiger partial charge is 0.287 e. The number of fused-ring (bicyclic) bond motifs is 3. The van der Waals surface area contributed by atoms with E-state index in [-0.39, 0.29) is 22.6 Å². The third-order valence-electron chi connectivity index (χ3n) is 4.81.